The molecule has 1 heterocycles. The van der Waals surface area contributed by atoms with Gasteiger partial charge in [-0.3, -0.25) is 0 Å². The van der Waals surface area contributed by atoms with E-state index in [9.17, 15) is 5.11 Å². The molecule has 0 radical (unpaired) electrons. The molecule has 0 bridgehead atoms. The highest BCUT2D eigenvalue weighted by Gasteiger charge is 2.13. The number of rotatable bonds is 4. The summed E-state index contributed by atoms with van der Waals surface area (Å²) in [5.74, 6) is 0. The molecule has 2 aromatic rings. The van der Waals surface area contributed by atoms with E-state index in [0.29, 0.717) is 0 Å². The SMILES string of the molecule is CCCc1ccc(C(O)c2nccs2)cc1C. The first-order chi connectivity index (χ1) is 8.22. The number of aromatic nitrogens is 1. The van der Waals surface area contributed by atoms with Crippen LogP contribution in [0.15, 0.2) is 29.8 Å². The number of aliphatic hydroxyl groups excluding tert-OH is 1. The molecule has 2 nitrogen and oxygen atoms in total. The Morgan fingerprint density at radius 2 is 2.24 bits per heavy atom. The minimum atomic E-state index is -0.593. The van der Waals surface area contributed by atoms with Crippen LogP contribution in [0.1, 0.15) is 41.1 Å². The predicted molar refractivity (Wildman–Crippen MR) is 71.3 cm³/mol. The smallest absolute Gasteiger partial charge is 0.131 e. The maximum atomic E-state index is 10.2. The van der Waals surface area contributed by atoms with Crippen molar-refractivity contribution in [2.75, 3.05) is 0 Å². The van der Waals surface area contributed by atoms with Gasteiger partial charge in [-0.25, -0.2) is 4.98 Å². The van der Waals surface area contributed by atoms with E-state index >= 15 is 0 Å². The van der Waals surface area contributed by atoms with Crippen molar-refractivity contribution in [1.82, 2.24) is 4.98 Å². The van der Waals surface area contributed by atoms with E-state index in [1.807, 2.05) is 11.4 Å². The maximum absolute atomic E-state index is 10.2. The summed E-state index contributed by atoms with van der Waals surface area (Å²) in [6.07, 6.45) is 3.38. The van der Waals surface area contributed by atoms with Crippen molar-refractivity contribution in [2.24, 2.45) is 0 Å². The summed E-state index contributed by atoms with van der Waals surface area (Å²) in [5, 5.41) is 12.8. The average Bonchev–Trinajstić information content (AvgIpc) is 2.84. The fourth-order valence-electron chi connectivity index (χ4n) is 1.95. The Balaban J connectivity index is 2.25. The first-order valence-corrected chi connectivity index (χ1v) is 6.77. The fourth-order valence-corrected chi connectivity index (χ4v) is 2.60. The Labute approximate surface area is 106 Å². The van der Waals surface area contributed by atoms with Gasteiger partial charge in [-0.1, -0.05) is 31.5 Å². The fraction of sp³-hybridized carbons (Fsp3) is 0.357. The third-order valence-electron chi connectivity index (χ3n) is 2.89. The lowest BCUT2D eigenvalue weighted by atomic mass is 9.99. The van der Waals surface area contributed by atoms with Crippen molar-refractivity contribution >= 4 is 11.3 Å². The van der Waals surface area contributed by atoms with Crippen LogP contribution in [0, 0.1) is 6.92 Å². The summed E-state index contributed by atoms with van der Waals surface area (Å²) in [6.45, 7) is 4.28. The molecule has 1 aromatic heterocycles. The zero-order valence-electron chi connectivity index (χ0n) is 10.2. The summed E-state index contributed by atoms with van der Waals surface area (Å²) in [4.78, 5) is 4.15. The van der Waals surface area contributed by atoms with Crippen LogP contribution in [-0.4, -0.2) is 10.1 Å². The third-order valence-corrected chi connectivity index (χ3v) is 3.72. The highest BCUT2D eigenvalue weighted by Crippen LogP contribution is 2.25. The molecule has 0 spiro atoms. The van der Waals surface area contributed by atoms with E-state index < -0.39 is 6.10 Å². The number of benzene rings is 1. The molecule has 0 saturated heterocycles. The van der Waals surface area contributed by atoms with E-state index in [1.54, 1.807) is 6.20 Å². The predicted octanol–water partition coefficient (Wildman–Crippen LogP) is 3.49. The second-order valence-electron chi connectivity index (χ2n) is 4.21. The summed E-state index contributed by atoms with van der Waals surface area (Å²) in [6, 6.07) is 6.19. The van der Waals surface area contributed by atoms with Gasteiger partial charge >= 0.3 is 0 Å². The van der Waals surface area contributed by atoms with E-state index in [4.69, 9.17) is 0 Å². The van der Waals surface area contributed by atoms with Crippen LogP contribution >= 0.6 is 11.3 Å². The van der Waals surface area contributed by atoms with Gasteiger partial charge in [0.1, 0.15) is 11.1 Å². The first-order valence-electron chi connectivity index (χ1n) is 5.89. The second-order valence-corrected chi connectivity index (χ2v) is 5.13. The molecule has 3 heteroatoms. The Morgan fingerprint density at radius 3 is 2.82 bits per heavy atom. The Bertz CT molecular complexity index is 479. The van der Waals surface area contributed by atoms with Gasteiger partial charge in [-0.2, -0.15) is 0 Å². The van der Waals surface area contributed by atoms with Gasteiger partial charge in [0.05, 0.1) is 0 Å². The van der Waals surface area contributed by atoms with Crippen LogP contribution in [0.2, 0.25) is 0 Å². The van der Waals surface area contributed by atoms with Crippen molar-refractivity contribution < 1.29 is 5.11 Å². The van der Waals surface area contributed by atoms with Gasteiger partial charge in [0.2, 0.25) is 0 Å². The number of aliphatic hydroxyl groups is 1. The maximum Gasteiger partial charge on any atom is 0.131 e. The molecule has 1 N–H and O–H groups in total. The lowest BCUT2D eigenvalue weighted by Crippen LogP contribution is -2.00. The molecule has 0 fully saturated rings. The molecule has 0 amide bonds. The molecular weight excluding hydrogens is 230 g/mol. The van der Waals surface area contributed by atoms with E-state index in [0.717, 1.165) is 23.4 Å². The molecule has 1 atom stereocenters. The number of hydrogen-bond acceptors (Lipinski definition) is 3. The van der Waals surface area contributed by atoms with Gasteiger partial charge < -0.3 is 5.11 Å². The molecule has 0 aliphatic heterocycles. The molecule has 1 aromatic carbocycles. The van der Waals surface area contributed by atoms with E-state index in [1.165, 1.54) is 22.5 Å². The van der Waals surface area contributed by atoms with Gasteiger partial charge in [0.25, 0.3) is 0 Å². The number of aryl methyl sites for hydroxylation is 2. The van der Waals surface area contributed by atoms with Gasteiger partial charge in [-0.05, 0) is 30.0 Å². The number of thiazole rings is 1. The largest absolute Gasteiger partial charge is 0.381 e. The summed E-state index contributed by atoms with van der Waals surface area (Å²) in [7, 11) is 0. The Morgan fingerprint density at radius 1 is 1.41 bits per heavy atom. The van der Waals surface area contributed by atoms with Crippen molar-refractivity contribution in [3.8, 4) is 0 Å². The van der Waals surface area contributed by atoms with Crippen LogP contribution in [0.4, 0.5) is 0 Å². The van der Waals surface area contributed by atoms with E-state index in [-0.39, 0.29) is 0 Å². The van der Waals surface area contributed by atoms with Crippen molar-refractivity contribution in [1.29, 1.82) is 0 Å². The number of nitrogens with zero attached hydrogens (tertiary/aromatic N) is 1. The van der Waals surface area contributed by atoms with Crippen LogP contribution in [0.5, 0.6) is 0 Å². The molecule has 1 unspecified atom stereocenters. The van der Waals surface area contributed by atoms with Crippen LogP contribution in [-0.2, 0) is 6.42 Å². The zero-order chi connectivity index (χ0) is 12.3. The summed E-state index contributed by atoms with van der Waals surface area (Å²) < 4.78 is 0. The normalized spacial score (nSPS) is 12.6. The van der Waals surface area contributed by atoms with Crippen molar-refractivity contribution in [3.63, 3.8) is 0 Å². The minimum absolute atomic E-state index is 0.593. The Hall–Kier alpha value is -1.19. The second kappa shape index (κ2) is 5.43. The van der Waals surface area contributed by atoms with Crippen molar-refractivity contribution in [3.05, 3.63) is 51.5 Å². The van der Waals surface area contributed by atoms with E-state index in [2.05, 4.69) is 31.0 Å². The standard InChI is InChI=1S/C14H17NOS/c1-3-4-11-5-6-12(9-10(11)2)13(16)14-15-7-8-17-14/h5-9,13,16H,3-4H2,1-2H3. The highest BCUT2D eigenvalue weighted by molar-refractivity contribution is 7.09. The van der Waals surface area contributed by atoms with Gasteiger partial charge in [-0.15, -0.1) is 11.3 Å². The van der Waals surface area contributed by atoms with Crippen LogP contribution in [0.25, 0.3) is 0 Å². The zero-order valence-corrected chi connectivity index (χ0v) is 11.0. The molecule has 0 aliphatic rings. The monoisotopic (exact) mass is 247 g/mol. The molecule has 0 aliphatic carbocycles. The lowest BCUT2D eigenvalue weighted by molar-refractivity contribution is 0.219. The molecule has 2 rings (SSSR count). The molecule has 17 heavy (non-hydrogen) atoms. The first kappa shape index (κ1) is 12.3. The summed E-state index contributed by atoms with van der Waals surface area (Å²) >= 11 is 1.49. The van der Waals surface area contributed by atoms with Gasteiger partial charge in [0.15, 0.2) is 0 Å². The average molecular weight is 247 g/mol. The van der Waals surface area contributed by atoms with Crippen LogP contribution < -0.4 is 0 Å². The molecular formula is C14H17NOS. The lowest BCUT2D eigenvalue weighted by Gasteiger charge is -2.11. The Kier molecular flexibility index (Phi) is 3.92. The number of hydrogen-bond donors (Lipinski definition) is 1. The van der Waals surface area contributed by atoms with Crippen molar-refractivity contribution in [2.45, 2.75) is 32.8 Å². The highest BCUT2D eigenvalue weighted by atomic mass is 32.1. The third kappa shape index (κ3) is 2.73. The summed E-state index contributed by atoms with van der Waals surface area (Å²) in [5.41, 5.74) is 3.54. The topological polar surface area (TPSA) is 33.1 Å². The quantitative estimate of drug-likeness (QED) is 0.897. The minimum Gasteiger partial charge on any atom is -0.381 e. The van der Waals surface area contributed by atoms with Crippen LogP contribution in [0.3, 0.4) is 0 Å². The van der Waals surface area contributed by atoms with Gasteiger partial charge in [0, 0.05) is 11.6 Å². The molecule has 90 valence electrons. The molecule has 0 saturated carbocycles.